The second-order valence-corrected chi connectivity index (χ2v) is 6.76. The molecule has 0 unspecified atom stereocenters. The van der Waals surface area contributed by atoms with Crippen molar-refractivity contribution < 1.29 is 23.5 Å². The van der Waals surface area contributed by atoms with Crippen LogP contribution < -0.4 is 5.32 Å². The molecular weight excluding hydrogens is 402 g/mol. The highest BCUT2D eigenvalue weighted by Crippen LogP contribution is 2.26. The summed E-state index contributed by atoms with van der Waals surface area (Å²) in [5, 5.41) is 5.35. The molecule has 0 aliphatic rings. The Morgan fingerprint density at radius 1 is 1.00 bits per heavy atom. The number of benzene rings is 1. The van der Waals surface area contributed by atoms with Crippen molar-refractivity contribution in [3.63, 3.8) is 0 Å². The van der Waals surface area contributed by atoms with Gasteiger partial charge in [0, 0.05) is 17.0 Å². The van der Waals surface area contributed by atoms with Crippen molar-refractivity contribution >= 4 is 35.7 Å². The van der Waals surface area contributed by atoms with Gasteiger partial charge in [0.1, 0.15) is 11.5 Å². The molecule has 0 aliphatic heterocycles. The second kappa shape index (κ2) is 10.1. The summed E-state index contributed by atoms with van der Waals surface area (Å²) in [5.74, 6) is 0.237. The zero-order chi connectivity index (χ0) is 19.2. The summed E-state index contributed by atoms with van der Waals surface area (Å²) in [6, 6.07) is 12.4. The Labute approximate surface area is 172 Å². The maximum Gasteiger partial charge on any atom is 0.337 e. The third-order valence-electron chi connectivity index (χ3n) is 3.90. The first kappa shape index (κ1) is 21.7. The highest BCUT2D eigenvalue weighted by atomic mass is 35.5. The topological polar surface area (TPSA) is 77.8 Å². The van der Waals surface area contributed by atoms with Crippen LogP contribution in [0.4, 0.5) is 0 Å². The molecule has 0 amide bonds. The van der Waals surface area contributed by atoms with E-state index in [0.717, 1.165) is 12.3 Å². The highest BCUT2D eigenvalue weighted by molar-refractivity contribution is 7.09. The molecule has 2 aromatic heterocycles. The number of carbonyl (C=O) groups is 2. The fourth-order valence-electron chi connectivity index (χ4n) is 2.59. The number of hydrogen-bond acceptors (Lipinski definition) is 7. The second-order valence-electron chi connectivity index (χ2n) is 5.73. The Bertz CT molecular complexity index is 902. The van der Waals surface area contributed by atoms with E-state index in [0.29, 0.717) is 17.9 Å². The van der Waals surface area contributed by atoms with Gasteiger partial charge in [0.15, 0.2) is 0 Å². The molecule has 2 heterocycles. The van der Waals surface area contributed by atoms with Crippen LogP contribution in [0.3, 0.4) is 0 Å². The smallest absolute Gasteiger partial charge is 0.337 e. The van der Waals surface area contributed by atoms with Crippen molar-refractivity contribution in [1.82, 2.24) is 5.32 Å². The zero-order valence-corrected chi connectivity index (χ0v) is 17.0. The Kier molecular flexibility index (Phi) is 7.80. The molecule has 8 heteroatoms. The number of ether oxygens (including phenoxy) is 2. The molecule has 0 saturated heterocycles. The SMILES string of the molecule is COC(=O)c1cc(C(=O)OC)cc(-c2ccc(CNCc3cccs3)o2)c1.Cl. The third-order valence-corrected chi connectivity index (χ3v) is 4.78. The first-order valence-corrected chi connectivity index (χ1v) is 9.12. The number of esters is 2. The summed E-state index contributed by atoms with van der Waals surface area (Å²) in [5.41, 5.74) is 1.11. The fourth-order valence-corrected chi connectivity index (χ4v) is 3.27. The molecule has 3 aromatic rings. The first-order chi connectivity index (χ1) is 13.1. The molecule has 0 saturated carbocycles. The summed E-state index contributed by atoms with van der Waals surface area (Å²) in [7, 11) is 2.58. The van der Waals surface area contributed by atoms with Crippen LogP contribution in [0.25, 0.3) is 11.3 Å². The zero-order valence-electron chi connectivity index (χ0n) is 15.4. The number of halogens is 1. The number of nitrogens with one attached hydrogen (secondary N) is 1. The van der Waals surface area contributed by atoms with E-state index >= 15 is 0 Å². The summed E-state index contributed by atoms with van der Waals surface area (Å²) < 4.78 is 15.4. The largest absolute Gasteiger partial charge is 0.465 e. The standard InChI is InChI=1S/C20H19NO5S.ClH/c1-24-19(22)14-8-13(9-15(10-14)20(23)25-2)18-6-5-16(26-18)11-21-12-17-4-3-7-27-17;/h3-10,21H,11-12H2,1-2H3;1H. The van der Waals surface area contributed by atoms with Crippen LogP contribution in [0.2, 0.25) is 0 Å². The van der Waals surface area contributed by atoms with Gasteiger partial charge in [-0.25, -0.2) is 9.59 Å². The Morgan fingerprint density at radius 2 is 1.68 bits per heavy atom. The van der Waals surface area contributed by atoms with E-state index in [2.05, 4.69) is 11.4 Å². The van der Waals surface area contributed by atoms with Crippen molar-refractivity contribution in [3.05, 3.63) is 69.6 Å². The lowest BCUT2D eigenvalue weighted by Gasteiger charge is -2.06. The van der Waals surface area contributed by atoms with Gasteiger partial charge in [0.05, 0.1) is 31.9 Å². The molecule has 6 nitrogen and oxygen atoms in total. The van der Waals surface area contributed by atoms with E-state index in [4.69, 9.17) is 13.9 Å². The predicted molar refractivity (Wildman–Crippen MR) is 109 cm³/mol. The summed E-state index contributed by atoms with van der Waals surface area (Å²) in [6.45, 7) is 1.33. The van der Waals surface area contributed by atoms with Gasteiger partial charge in [0.2, 0.25) is 0 Å². The van der Waals surface area contributed by atoms with Gasteiger partial charge in [-0.1, -0.05) is 6.07 Å². The van der Waals surface area contributed by atoms with E-state index in [1.54, 1.807) is 29.5 Å². The van der Waals surface area contributed by atoms with Crippen molar-refractivity contribution in [2.24, 2.45) is 0 Å². The summed E-state index contributed by atoms with van der Waals surface area (Å²) in [4.78, 5) is 25.1. The Morgan fingerprint density at radius 3 is 2.25 bits per heavy atom. The van der Waals surface area contributed by atoms with Crippen LogP contribution in [0.15, 0.2) is 52.3 Å². The van der Waals surface area contributed by atoms with Crippen LogP contribution in [0, 0.1) is 0 Å². The Hall–Kier alpha value is -2.61. The molecule has 148 valence electrons. The highest BCUT2D eigenvalue weighted by Gasteiger charge is 2.16. The van der Waals surface area contributed by atoms with E-state index in [1.807, 2.05) is 17.5 Å². The van der Waals surface area contributed by atoms with E-state index < -0.39 is 11.9 Å². The molecule has 0 atom stereocenters. The van der Waals surface area contributed by atoms with Crippen molar-refractivity contribution in [1.29, 1.82) is 0 Å². The van der Waals surface area contributed by atoms with Crippen LogP contribution >= 0.6 is 23.7 Å². The van der Waals surface area contributed by atoms with Crippen molar-refractivity contribution in [3.8, 4) is 11.3 Å². The van der Waals surface area contributed by atoms with Gasteiger partial charge in [-0.05, 0) is 41.8 Å². The number of methoxy groups -OCH3 is 2. The number of rotatable bonds is 7. The summed E-state index contributed by atoms with van der Waals surface area (Å²) >= 11 is 1.69. The molecular formula is C20H20ClNO5S. The molecule has 0 fully saturated rings. The summed E-state index contributed by atoms with van der Waals surface area (Å²) in [6.07, 6.45) is 0. The maximum absolute atomic E-state index is 11.9. The molecule has 3 rings (SSSR count). The average molecular weight is 422 g/mol. The number of thiophene rings is 1. The quantitative estimate of drug-likeness (QED) is 0.573. The van der Waals surface area contributed by atoms with Gasteiger partial charge in [-0.2, -0.15) is 0 Å². The van der Waals surface area contributed by atoms with Gasteiger partial charge in [-0.3, -0.25) is 0 Å². The Balaban J connectivity index is 0.00000280. The minimum absolute atomic E-state index is 0. The molecule has 1 N–H and O–H groups in total. The van der Waals surface area contributed by atoms with E-state index in [9.17, 15) is 9.59 Å². The molecule has 0 spiro atoms. The van der Waals surface area contributed by atoms with Gasteiger partial charge < -0.3 is 19.2 Å². The minimum Gasteiger partial charge on any atom is -0.465 e. The molecule has 0 bridgehead atoms. The minimum atomic E-state index is -0.536. The monoisotopic (exact) mass is 421 g/mol. The lowest BCUT2D eigenvalue weighted by Crippen LogP contribution is -2.10. The van der Waals surface area contributed by atoms with Crippen LogP contribution in [-0.2, 0) is 22.6 Å². The lowest BCUT2D eigenvalue weighted by atomic mass is 10.0. The molecule has 0 aliphatic carbocycles. The maximum atomic E-state index is 11.9. The normalized spacial score (nSPS) is 10.2. The first-order valence-electron chi connectivity index (χ1n) is 8.24. The number of carbonyl (C=O) groups excluding carboxylic acids is 2. The van der Waals surface area contributed by atoms with E-state index in [-0.39, 0.29) is 23.5 Å². The van der Waals surface area contributed by atoms with Gasteiger partial charge in [0.25, 0.3) is 0 Å². The predicted octanol–water partition coefficient (Wildman–Crippen LogP) is 4.29. The van der Waals surface area contributed by atoms with Crippen LogP contribution in [-0.4, -0.2) is 26.2 Å². The number of furan rings is 1. The molecule has 28 heavy (non-hydrogen) atoms. The average Bonchev–Trinajstić information content (AvgIpc) is 3.38. The van der Waals surface area contributed by atoms with Gasteiger partial charge >= 0.3 is 11.9 Å². The lowest BCUT2D eigenvalue weighted by molar-refractivity contribution is 0.0599. The van der Waals surface area contributed by atoms with Crippen molar-refractivity contribution in [2.75, 3.05) is 14.2 Å². The van der Waals surface area contributed by atoms with Crippen LogP contribution in [0.1, 0.15) is 31.4 Å². The molecule has 0 radical (unpaired) electrons. The van der Waals surface area contributed by atoms with E-state index in [1.165, 1.54) is 25.2 Å². The number of hydrogen-bond donors (Lipinski definition) is 1. The van der Waals surface area contributed by atoms with Crippen molar-refractivity contribution in [2.45, 2.75) is 13.1 Å². The van der Waals surface area contributed by atoms with Gasteiger partial charge in [-0.15, -0.1) is 23.7 Å². The third kappa shape index (κ3) is 5.22. The molecule has 1 aromatic carbocycles. The van der Waals surface area contributed by atoms with Crippen LogP contribution in [0.5, 0.6) is 0 Å². The fraction of sp³-hybridized carbons (Fsp3) is 0.200.